The van der Waals surface area contributed by atoms with Gasteiger partial charge >= 0.3 is 12.1 Å². The molecule has 2 amide bonds. The predicted molar refractivity (Wildman–Crippen MR) is 128 cm³/mol. The van der Waals surface area contributed by atoms with Gasteiger partial charge in [0.2, 0.25) is 5.91 Å². The number of carbonyl (C=O) groups excluding carboxylic acids is 2. The summed E-state index contributed by atoms with van der Waals surface area (Å²) in [5.41, 5.74) is 2.42. The van der Waals surface area contributed by atoms with Crippen molar-refractivity contribution in [2.45, 2.75) is 38.6 Å². The summed E-state index contributed by atoms with van der Waals surface area (Å²) in [6, 6.07) is 16.2. The van der Waals surface area contributed by atoms with Gasteiger partial charge in [0.15, 0.2) is 5.54 Å². The number of carboxylic acid groups (broad SMARTS) is 1. The first kappa shape index (κ1) is 25.2. The Labute approximate surface area is 199 Å². The number of carboxylic acids is 1. The van der Waals surface area contributed by atoms with Crippen LogP contribution in [-0.4, -0.2) is 55.5 Å². The Morgan fingerprint density at radius 3 is 2.06 bits per heavy atom. The molecular formula is C26H32N2O6. The summed E-state index contributed by atoms with van der Waals surface area (Å²) in [6.45, 7) is 5.24. The zero-order chi connectivity index (χ0) is 24.9. The summed E-state index contributed by atoms with van der Waals surface area (Å²) in [7, 11) is 1.37. The van der Waals surface area contributed by atoms with Crippen LogP contribution in [0.2, 0.25) is 0 Å². The Bertz CT molecular complexity index is 1020. The van der Waals surface area contributed by atoms with Gasteiger partial charge in [-0.3, -0.25) is 4.79 Å². The van der Waals surface area contributed by atoms with Crippen LogP contribution in [-0.2, 0) is 19.1 Å². The third-order valence-electron chi connectivity index (χ3n) is 6.01. The Balaban J connectivity index is 1.53. The van der Waals surface area contributed by atoms with E-state index in [9.17, 15) is 19.5 Å². The lowest BCUT2D eigenvalue weighted by atomic mass is 9.88. The van der Waals surface area contributed by atoms with E-state index >= 15 is 0 Å². The van der Waals surface area contributed by atoms with Crippen LogP contribution < -0.4 is 10.6 Å². The summed E-state index contributed by atoms with van der Waals surface area (Å²) >= 11 is 0. The molecule has 0 heterocycles. The van der Waals surface area contributed by atoms with Crippen LogP contribution >= 0.6 is 0 Å². The molecule has 0 radical (unpaired) electrons. The molecule has 0 bridgehead atoms. The third kappa shape index (κ3) is 5.75. The molecule has 1 aliphatic rings. The molecule has 0 fully saturated rings. The fraction of sp³-hybridized carbons (Fsp3) is 0.423. The van der Waals surface area contributed by atoms with Gasteiger partial charge in [0, 0.05) is 26.0 Å². The Hall–Kier alpha value is -3.39. The summed E-state index contributed by atoms with van der Waals surface area (Å²) < 4.78 is 10.5. The molecule has 182 valence electrons. The molecule has 0 aliphatic heterocycles. The number of hydrogen-bond donors (Lipinski definition) is 3. The lowest BCUT2D eigenvalue weighted by Gasteiger charge is -2.29. The number of carbonyl (C=O) groups is 3. The summed E-state index contributed by atoms with van der Waals surface area (Å²) in [5, 5.41) is 14.6. The van der Waals surface area contributed by atoms with Crippen LogP contribution in [0.5, 0.6) is 0 Å². The fourth-order valence-electron chi connectivity index (χ4n) is 4.25. The van der Waals surface area contributed by atoms with Gasteiger partial charge in [-0.25, -0.2) is 9.59 Å². The van der Waals surface area contributed by atoms with Gasteiger partial charge in [-0.15, -0.1) is 0 Å². The van der Waals surface area contributed by atoms with Crippen molar-refractivity contribution in [1.29, 1.82) is 0 Å². The van der Waals surface area contributed by atoms with Gasteiger partial charge in [0.1, 0.15) is 6.61 Å². The first-order valence-corrected chi connectivity index (χ1v) is 11.2. The molecular weight excluding hydrogens is 436 g/mol. The Morgan fingerprint density at radius 2 is 1.53 bits per heavy atom. The number of amides is 2. The third-order valence-corrected chi connectivity index (χ3v) is 6.01. The molecule has 1 unspecified atom stereocenters. The van der Waals surface area contributed by atoms with E-state index in [1.54, 1.807) is 0 Å². The van der Waals surface area contributed by atoms with E-state index in [0.29, 0.717) is 0 Å². The fourth-order valence-corrected chi connectivity index (χ4v) is 4.25. The van der Waals surface area contributed by atoms with Crippen LogP contribution in [0.25, 0.3) is 11.1 Å². The van der Waals surface area contributed by atoms with Crippen LogP contribution in [0.4, 0.5) is 4.79 Å². The quantitative estimate of drug-likeness (QED) is 0.491. The highest BCUT2D eigenvalue weighted by Gasteiger charge is 2.36. The second kappa shape index (κ2) is 10.3. The van der Waals surface area contributed by atoms with Crippen LogP contribution in [0.1, 0.15) is 44.2 Å². The maximum absolute atomic E-state index is 12.5. The predicted octanol–water partition coefficient (Wildman–Crippen LogP) is 3.55. The van der Waals surface area contributed by atoms with Crippen molar-refractivity contribution in [2.75, 3.05) is 26.9 Å². The van der Waals surface area contributed by atoms with Crippen molar-refractivity contribution in [2.24, 2.45) is 5.41 Å². The summed E-state index contributed by atoms with van der Waals surface area (Å²) in [4.78, 5) is 36.4. The maximum atomic E-state index is 12.5. The number of hydrogen-bond acceptors (Lipinski definition) is 5. The first-order chi connectivity index (χ1) is 16.1. The number of fused-ring (bicyclic) bond motifs is 3. The molecule has 3 rings (SSSR count). The molecule has 1 aliphatic carbocycles. The zero-order valence-corrected chi connectivity index (χ0v) is 20.0. The lowest BCUT2D eigenvalue weighted by molar-refractivity contribution is -0.149. The standard InChI is InChI=1S/C26H32N2O6/c1-25(2,13-22(29)28-26(3,16-33-4)23(30)31)15-27-24(32)34-14-21-19-11-7-5-9-17(19)18-10-6-8-12-20(18)21/h5-12,21H,13-16H2,1-4H3,(H,27,32)(H,28,29)(H,30,31). The van der Waals surface area contributed by atoms with Gasteiger partial charge in [-0.1, -0.05) is 62.4 Å². The first-order valence-electron chi connectivity index (χ1n) is 11.2. The maximum Gasteiger partial charge on any atom is 0.407 e. The molecule has 1 atom stereocenters. The molecule has 8 nitrogen and oxygen atoms in total. The largest absolute Gasteiger partial charge is 0.479 e. The molecule has 34 heavy (non-hydrogen) atoms. The van der Waals surface area contributed by atoms with E-state index in [1.165, 1.54) is 14.0 Å². The van der Waals surface area contributed by atoms with Crippen LogP contribution in [0, 0.1) is 5.41 Å². The average Bonchev–Trinajstić information content (AvgIpc) is 3.09. The molecule has 3 N–H and O–H groups in total. The average molecular weight is 469 g/mol. The van der Waals surface area contributed by atoms with Crippen molar-refractivity contribution in [1.82, 2.24) is 10.6 Å². The van der Waals surface area contributed by atoms with E-state index in [2.05, 4.69) is 34.9 Å². The van der Waals surface area contributed by atoms with E-state index < -0.39 is 28.9 Å². The van der Waals surface area contributed by atoms with Gasteiger partial charge in [0.25, 0.3) is 0 Å². The van der Waals surface area contributed by atoms with Crippen molar-refractivity contribution < 1.29 is 29.0 Å². The number of alkyl carbamates (subject to hydrolysis) is 1. The second-order valence-corrected chi connectivity index (χ2v) is 9.64. The Kier molecular flexibility index (Phi) is 7.61. The molecule has 2 aromatic carbocycles. The highest BCUT2D eigenvalue weighted by molar-refractivity contribution is 5.87. The van der Waals surface area contributed by atoms with Crippen LogP contribution in [0.3, 0.4) is 0 Å². The molecule has 0 saturated carbocycles. The minimum Gasteiger partial charge on any atom is -0.479 e. The number of aliphatic carboxylic acids is 1. The van der Waals surface area contributed by atoms with Gasteiger partial charge in [0.05, 0.1) is 6.61 Å². The molecule has 0 saturated heterocycles. The number of nitrogens with one attached hydrogen (secondary N) is 2. The number of methoxy groups -OCH3 is 1. The SMILES string of the molecule is COCC(C)(NC(=O)CC(C)(C)CNC(=O)OCC1c2ccccc2-c2ccccc21)C(=O)O. The lowest BCUT2D eigenvalue weighted by Crippen LogP contribution is -2.56. The molecule has 2 aromatic rings. The van der Waals surface area contributed by atoms with Gasteiger partial charge in [-0.2, -0.15) is 0 Å². The van der Waals surface area contributed by atoms with E-state index in [0.717, 1.165) is 22.3 Å². The van der Waals surface area contributed by atoms with Gasteiger partial charge in [-0.05, 0) is 34.6 Å². The highest BCUT2D eigenvalue weighted by atomic mass is 16.5. The zero-order valence-electron chi connectivity index (χ0n) is 20.0. The molecule has 8 heteroatoms. The smallest absolute Gasteiger partial charge is 0.407 e. The van der Waals surface area contributed by atoms with E-state index in [4.69, 9.17) is 9.47 Å². The topological polar surface area (TPSA) is 114 Å². The van der Waals surface area contributed by atoms with Crippen molar-refractivity contribution in [3.05, 3.63) is 59.7 Å². The number of ether oxygens (including phenoxy) is 2. The number of rotatable bonds is 10. The van der Waals surface area contributed by atoms with Gasteiger partial charge < -0.3 is 25.2 Å². The minimum atomic E-state index is -1.53. The monoisotopic (exact) mass is 468 g/mol. The highest BCUT2D eigenvalue weighted by Crippen LogP contribution is 2.44. The number of benzene rings is 2. The Morgan fingerprint density at radius 1 is 0.971 bits per heavy atom. The minimum absolute atomic E-state index is 0.0171. The second-order valence-electron chi connectivity index (χ2n) is 9.64. The summed E-state index contributed by atoms with van der Waals surface area (Å²) in [5.74, 6) is -1.66. The summed E-state index contributed by atoms with van der Waals surface area (Å²) in [6.07, 6.45) is -0.548. The van der Waals surface area contributed by atoms with E-state index in [1.807, 2.05) is 38.1 Å². The van der Waals surface area contributed by atoms with Crippen LogP contribution in [0.15, 0.2) is 48.5 Å². The van der Waals surface area contributed by atoms with Crippen molar-refractivity contribution in [3.8, 4) is 11.1 Å². The normalized spacial score (nSPS) is 14.5. The van der Waals surface area contributed by atoms with Crippen molar-refractivity contribution in [3.63, 3.8) is 0 Å². The molecule has 0 spiro atoms. The van der Waals surface area contributed by atoms with E-state index in [-0.39, 0.29) is 32.1 Å². The molecule has 0 aromatic heterocycles. The van der Waals surface area contributed by atoms with Crippen molar-refractivity contribution >= 4 is 18.0 Å².